The molecular weight excluding hydrogens is 246 g/mol. The number of hydrogen-bond donors (Lipinski definition) is 1. The molecule has 18 heavy (non-hydrogen) atoms. The summed E-state index contributed by atoms with van der Waals surface area (Å²) in [5.74, 6) is 2.25. The van der Waals surface area contributed by atoms with Crippen molar-refractivity contribution < 1.29 is 0 Å². The maximum atomic E-state index is 4.77. The van der Waals surface area contributed by atoms with E-state index >= 15 is 0 Å². The molecule has 0 spiro atoms. The third-order valence-electron chi connectivity index (χ3n) is 4.16. The van der Waals surface area contributed by atoms with Gasteiger partial charge in [0, 0.05) is 18.4 Å². The third-order valence-corrected chi connectivity index (χ3v) is 5.22. The van der Waals surface area contributed by atoms with Crippen molar-refractivity contribution in [3.05, 3.63) is 10.8 Å². The fraction of sp³-hybridized carbons (Fsp3) is 0.750. The van der Waals surface area contributed by atoms with Crippen molar-refractivity contribution in [2.45, 2.75) is 43.9 Å². The number of rotatable bonds is 2. The number of nitrogens with zero attached hydrogens (tertiary/aromatic N) is 4. The van der Waals surface area contributed by atoms with Gasteiger partial charge >= 0.3 is 0 Å². The van der Waals surface area contributed by atoms with Crippen LogP contribution in [0.1, 0.15) is 54.8 Å². The van der Waals surface area contributed by atoms with Crippen LogP contribution in [-0.2, 0) is 0 Å². The molecule has 1 saturated carbocycles. The van der Waals surface area contributed by atoms with Crippen molar-refractivity contribution >= 4 is 16.3 Å². The summed E-state index contributed by atoms with van der Waals surface area (Å²) in [4.78, 5) is 0.971. The monoisotopic (exact) mass is 263 g/mol. The fourth-order valence-electron chi connectivity index (χ4n) is 3.12. The zero-order valence-corrected chi connectivity index (χ0v) is 11.1. The van der Waals surface area contributed by atoms with E-state index in [1.165, 1.54) is 37.1 Å². The summed E-state index contributed by atoms with van der Waals surface area (Å²) in [5.41, 5.74) is 0. The highest BCUT2D eigenvalue weighted by molar-refractivity contribution is 7.16. The van der Waals surface area contributed by atoms with Gasteiger partial charge in [-0.05, 0) is 25.8 Å². The molecular formula is C12H17N5S. The Hall–Kier alpha value is -1.01. The molecule has 6 heteroatoms. The number of hydrogen-bond acceptors (Lipinski definition) is 5. The summed E-state index contributed by atoms with van der Waals surface area (Å²) in [7, 11) is 0. The molecule has 2 aromatic heterocycles. The maximum absolute atomic E-state index is 4.77. The van der Waals surface area contributed by atoms with Crippen molar-refractivity contribution in [1.29, 1.82) is 0 Å². The predicted molar refractivity (Wildman–Crippen MR) is 70.1 cm³/mol. The summed E-state index contributed by atoms with van der Waals surface area (Å²) in [5, 5.41) is 18.0. The van der Waals surface area contributed by atoms with E-state index in [1.807, 2.05) is 4.52 Å². The molecule has 1 unspecified atom stereocenters. The lowest BCUT2D eigenvalue weighted by Crippen LogP contribution is -2.08. The Morgan fingerprint density at radius 2 is 2.00 bits per heavy atom. The largest absolute Gasteiger partial charge is 0.316 e. The quantitative estimate of drug-likeness (QED) is 0.899. The molecule has 1 aliphatic carbocycles. The minimum absolute atomic E-state index is 0.577. The molecule has 2 fully saturated rings. The highest BCUT2D eigenvalue weighted by Crippen LogP contribution is 2.34. The van der Waals surface area contributed by atoms with Crippen LogP contribution in [0.15, 0.2) is 0 Å². The van der Waals surface area contributed by atoms with Crippen LogP contribution in [0.4, 0.5) is 0 Å². The summed E-state index contributed by atoms with van der Waals surface area (Å²) >= 11 is 1.71. The molecule has 5 nitrogen and oxygen atoms in total. The molecule has 3 heterocycles. The molecule has 0 amide bonds. The Kier molecular flexibility index (Phi) is 2.58. The van der Waals surface area contributed by atoms with Crippen LogP contribution in [-0.4, -0.2) is 32.9 Å². The Balaban J connectivity index is 1.71. The van der Waals surface area contributed by atoms with Crippen LogP contribution in [0.2, 0.25) is 0 Å². The van der Waals surface area contributed by atoms with Gasteiger partial charge in [-0.3, -0.25) is 0 Å². The molecule has 2 aliphatic rings. The van der Waals surface area contributed by atoms with Crippen LogP contribution in [0, 0.1) is 0 Å². The van der Waals surface area contributed by atoms with Crippen molar-refractivity contribution in [2.24, 2.45) is 0 Å². The summed E-state index contributed by atoms with van der Waals surface area (Å²) < 4.78 is 2.01. The normalized spacial score (nSPS) is 25.4. The first kappa shape index (κ1) is 10.9. The smallest absolute Gasteiger partial charge is 0.234 e. The fourth-order valence-corrected chi connectivity index (χ4v) is 4.10. The highest BCUT2D eigenvalue weighted by Gasteiger charge is 2.26. The van der Waals surface area contributed by atoms with E-state index in [0.29, 0.717) is 11.8 Å². The standard InChI is InChI=1S/C12H17N5S/c1-2-4-8(3-1)10-14-15-12-17(10)16-11(18-12)9-5-6-13-7-9/h8-9,13H,1-7H2. The van der Waals surface area contributed by atoms with Crippen LogP contribution in [0.3, 0.4) is 0 Å². The zero-order valence-electron chi connectivity index (χ0n) is 10.3. The highest BCUT2D eigenvalue weighted by atomic mass is 32.1. The van der Waals surface area contributed by atoms with Gasteiger partial charge in [0.25, 0.3) is 0 Å². The van der Waals surface area contributed by atoms with Crippen LogP contribution >= 0.6 is 11.3 Å². The summed E-state index contributed by atoms with van der Waals surface area (Å²) in [6, 6.07) is 0. The minimum Gasteiger partial charge on any atom is -0.316 e. The lowest BCUT2D eigenvalue weighted by molar-refractivity contribution is 0.630. The molecule has 4 rings (SSSR count). The summed E-state index contributed by atoms with van der Waals surface area (Å²) in [6.45, 7) is 2.17. The average Bonchev–Trinajstić information content (AvgIpc) is 3.13. The second kappa shape index (κ2) is 4.28. The van der Waals surface area contributed by atoms with Gasteiger partial charge in [-0.2, -0.15) is 9.61 Å². The van der Waals surface area contributed by atoms with Crippen molar-refractivity contribution in [1.82, 2.24) is 25.1 Å². The van der Waals surface area contributed by atoms with Gasteiger partial charge in [-0.15, -0.1) is 10.2 Å². The zero-order chi connectivity index (χ0) is 11.9. The van der Waals surface area contributed by atoms with Gasteiger partial charge in [0.1, 0.15) is 5.01 Å². The van der Waals surface area contributed by atoms with Crippen LogP contribution in [0.5, 0.6) is 0 Å². The van der Waals surface area contributed by atoms with Gasteiger partial charge in [-0.1, -0.05) is 24.2 Å². The van der Waals surface area contributed by atoms with Crippen LogP contribution < -0.4 is 5.32 Å². The lowest BCUT2D eigenvalue weighted by atomic mass is 10.1. The average molecular weight is 263 g/mol. The SMILES string of the molecule is C1CCC(c2nnc3sc(C4CCNC4)nn23)C1. The Bertz CT molecular complexity index is 548. The van der Waals surface area contributed by atoms with Gasteiger partial charge in [0.05, 0.1) is 0 Å². The lowest BCUT2D eigenvalue weighted by Gasteiger charge is -2.04. The number of aromatic nitrogens is 4. The van der Waals surface area contributed by atoms with Gasteiger partial charge in [0.2, 0.25) is 4.96 Å². The first-order chi connectivity index (χ1) is 8.92. The third kappa shape index (κ3) is 1.66. The van der Waals surface area contributed by atoms with E-state index in [0.717, 1.165) is 23.9 Å². The molecule has 0 bridgehead atoms. The molecule has 1 atom stereocenters. The van der Waals surface area contributed by atoms with E-state index < -0.39 is 0 Å². The molecule has 2 aromatic rings. The molecule has 0 aromatic carbocycles. The van der Waals surface area contributed by atoms with E-state index in [2.05, 4.69) is 15.5 Å². The Morgan fingerprint density at radius 1 is 1.11 bits per heavy atom. The van der Waals surface area contributed by atoms with Crippen LogP contribution in [0.25, 0.3) is 4.96 Å². The predicted octanol–water partition coefficient (Wildman–Crippen LogP) is 1.92. The van der Waals surface area contributed by atoms with Gasteiger partial charge in [-0.25, -0.2) is 0 Å². The van der Waals surface area contributed by atoms with Gasteiger partial charge < -0.3 is 5.32 Å². The second-order valence-electron chi connectivity index (χ2n) is 5.36. The van der Waals surface area contributed by atoms with E-state index in [-0.39, 0.29) is 0 Å². The van der Waals surface area contributed by atoms with Gasteiger partial charge in [0.15, 0.2) is 5.82 Å². The van der Waals surface area contributed by atoms with E-state index in [9.17, 15) is 0 Å². The molecule has 1 aliphatic heterocycles. The van der Waals surface area contributed by atoms with E-state index in [4.69, 9.17) is 5.10 Å². The second-order valence-corrected chi connectivity index (χ2v) is 6.35. The first-order valence-electron chi connectivity index (χ1n) is 6.84. The van der Waals surface area contributed by atoms with Crippen molar-refractivity contribution in [3.63, 3.8) is 0 Å². The van der Waals surface area contributed by atoms with E-state index in [1.54, 1.807) is 11.3 Å². The first-order valence-corrected chi connectivity index (χ1v) is 7.66. The maximum Gasteiger partial charge on any atom is 0.234 e. The topological polar surface area (TPSA) is 55.1 Å². The molecule has 1 N–H and O–H groups in total. The van der Waals surface area contributed by atoms with Crippen molar-refractivity contribution in [2.75, 3.05) is 13.1 Å². The Morgan fingerprint density at radius 3 is 2.78 bits per heavy atom. The van der Waals surface area contributed by atoms with Crippen molar-refractivity contribution in [3.8, 4) is 0 Å². The molecule has 1 saturated heterocycles. The molecule has 96 valence electrons. The number of nitrogens with one attached hydrogen (secondary N) is 1. The summed E-state index contributed by atoms with van der Waals surface area (Å²) in [6.07, 6.45) is 6.34. The molecule has 0 radical (unpaired) electrons. The number of fused-ring (bicyclic) bond motifs is 1. The Labute approximate surface area is 110 Å². The minimum atomic E-state index is 0.577.